The number of carbonyl (C=O) groups excluding carboxylic acids is 2. The zero-order valence-electron chi connectivity index (χ0n) is 30.2. The highest BCUT2D eigenvalue weighted by Gasteiger charge is 2.53. The van der Waals surface area contributed by atoms with E-state index in [0.29, 0.717) is 6.61 Å². The van der Waals surface area contributed by atoms with E-state index in [1.54, 1.807) is 20.8 Å². The third kappa shape index (κ3) is 11.7. The van der Waals surface area contributed by atoms with Crippen molar-refractivity contribution in [2.24, 2.45) is 0 Å². The summed E-state index contributed by atoms with van der Waals surface area (Å²) in [6.45, 7) is 6.26. The van der Waals surface area contributed by atoms with E-state index < -0.39 is 54.2 Å². The molecule has 1 heterocycles. The molecule has 0 unspecified atom stereocenters. The van der Waals surface area contributed by atoms with Crippen LogP contribution in [0.1, 0.15) is 43.0 Å². The third-order valence-electron chi connectivity index (χ3n) is 8.38. The van der Waals surface area contributed by atoms with Crippen molar-refractivity contribution in [1.82, 2.24) is 5.32 Å². The summed E-state index contributed by atoms with van der Waals surface area (Å²) >= 11 is 0. The van der Waals surface area contributed by atoms with Crippen molar-refractivity contribution in [2.75, 3.05) is 13.7 Å². The van der Waals surface area contributed by atoms with Crippen LogP contribution in [0.15, 0.2) is 121 Å². The van der Waals surface area contributed by atoms with Gasteiger partial charge in [0.1, 0.15) is 36.1 Å². The van der Waals surface area contributed by atoms with Gasteiger partial charge in [0.05, 0.1) is 40.1 Å². The van der Waals surface area contributed by atoms with Crippen LogP contribution in [0.2, 0.25) is 0 Å². The van der Waals surface area contributed by atoms with Crippen LogP contribution in [0.4, 0.5) is 4.79 Å². The topological polar surface area (TPSA) is 111 Å². The first kappa shape index (κ1) is 38.6. The lowest BCUT2D eigenvalue weighted by Crippen LogP contribution is -2.67. The van der Waals surface area contributed by atoms with Crippen molar-refractivity contribution in [1.29, 1.82) is 0 Å². The maximum absolute atomic E-state index is 13.6. The molecule has 276 valence electrons. The first-order valence-corrected chi connectivity index (χ1v) is 17.5. The first-order valence-electron chi connectivity index (χ1n) is 17.5. The van der Waals surface area contributed by atoms with Crippen molar-refractivity contribution in [3.63, 3.8) is 0 Å². The maximum Gasteiger partial charge on any atom is 0.408 e. The monoisotopic (exact) mass is 711 g/mol. The Morgan fingerprint density at radius 1 is 0.635 bits per heavy atom. The number of hydrogen-bond acceptors (Lipinski definition) is 9. The Morgan fingerprint density at radius 2 is 1.06 bits per heavy atom. The summed E-state index contributed by atoms with van der Waals surface area (Å²) < 4.78 is 44.0. The van der Waals surface area contributed by atoms with Gasteiger partial charge in [-0.1, -0.05) is 121 Å². The number of methoxy groups -OCH3 is 1. The molecule has 0 bridgehead atoms. The van der Waals surface area contributed by atoms with Crippen LogP contribution in [0.25, 0.3) is 0 Å². The summed E-state index contributed by atoms with van der Waals surface area (Å²) in [6, 6.07) is 37.7. The molecule has 10 nitrogen and oxygen atoms in total. The van der Waals surface area contributed by atoms with Crippen molar-refractivity contribution in [2.45, 2.75) is 89.4 Å². The van der Waals surface area contributed by atoms with Gasteiger partial charge in [-0.2, -0.15) is 0 Å². The van der Waals surface area contributed by atoms with Gasteiger partial charge in [0.2, 0.25) is 0 Å². The number of alkyl carbamates (subject to hydrolysis) is 1. The Hall–Kier alpha value is -4.58. The van der Waals surface area contributed by atoms with Gasteiger partial charge < -0.3 is 38.5 Å². The predicted octanol–water partition coefficient (Wildman–Crippen LogP) is 6.79. The minimum Gasteiger partial charge on any atom is -0.467 e. The molecule has 0 spiro atoms. The molecule has 1 aliphatic heterocycles. The number of carbonyl (C=O) groups is 2. The van der Waals surface area contributed by atoms with Gasteiger partial charge in [0, 0.05) is 0 Å². The fourth-order valence-electron chi connectivity index (χ4n) is 5.93. The van der Waals surface area contributed by atoms with Gasteiger partial charge >= 0.3 is 12.1 Å². The second-order valence-corrected chi connectivity index (χ2v) is 13.6. The summed E-state index contributed by atoms with van der Waals surface area (Å²) in [5.41, 5.74) is 2.94. The molecule has 5 rings (SSSR count). The molecule has 1 saturated heterocycles. The van der Waals surface area contributed by atoms with E-state index in [4.69, 9.17) is 33.2 Å². The van der Waals surface area contributed by atoms with Crippen LogP contribution in [0.3, 0.4) is 0 Å². The normalized spacial score (nSPS) is 20.8. The first-order chi connectivity index (χ1) is 25.2. The third-order valence-corrected chi connectivity index (χ3v) is 8.38. The summed E-state index contributed by atoms with van der Waals surface area (Å²) in [6.07, 6.45) is -5.14. The van der Waals surface area contributed by atoms with Crippen LogP contribution >= 0.6 is 0 Å². The molecule has 52 heavy (non-hydrogen) atoms. The number of rotatable bonds is 16. The SMILES string of the molecule is COC(=O)[C@H](NC(=O)OC(C)(C)C)[C@@H]1O[C@H](COCc2ccccc2)[C@@H](OCc2ccccc2)[C@H](OCc2ccccc2)[C@H]1OCc1ccccc1. The lowest BCUT2D eigenvalue weighted by atomic mass is 9.90. The van der Waals surface area contributed by atoms with E-state index >= 15 is 0 Å². The highest BCUT2D eigenvalue weighted by atomic mass is 16.6. The van der Waals surface area contributed by atoms with Crippen LogP contribution < -0.4 is 5.32 Å². The Bertz CT molecular complexity index is 1630. The highest BCUT2D eigenvalue weighted by Crippen LogP contribution is 2.33. The predicted molar refractivity (Wildman–Crippen MR) is 195 cm³/mol. The minimum absolute atomic E-state index is 0.0851. The molecular formula is C42H49NO9. The number of esters is 1. The number of benzene rings is 4. The Labute approximate surface area is 306 Å². The summed E-state index contributed by atoms with van der Waals surface area (Å²) in [5.74, 6) is -0.737. The highest BCUT2D eigenvalue weighted by molar-refractivity contribution is 5.82. The Balaban J connectivity index is 1.54. The second kappa shape index (κ2) is 19.3. The molecule has 10 heteroatoms. The molecular weight excluding hydrogens is 662 g/mol. The molecule has 1 N–H and O–H groups in total. The van der Waals surface area contributed by atoms with Gasteiger partial charge in [-0.05, 0) is 43.0 Å². The lowest BCUT2D eigenvalue weighted by Gasteiger charge is -2.47. The number of nitrogens with one attached hydrogen (secondary N) is 1. The fourth-order valence-corrected chi connectivity index (χ4v) is 5.93. The van der Waals surface area contributed by atoms with E-state index in [2.05, 4.69) is 5.32 Å². The zero-order chi connectivity index (χ0) is 36.8. The van der Waals surface area contributed by atoms with E-state index in [9.17, 15) is 9.59 Å². The summed E-state index contributed by atoms with van der Waals surface area (Å²) in [5, 5.41) is 2.71. The number of ether oxygens (including phenoxy) is 7. The minimum atomic E-state index is -1.34. The standard InChI is InChI=1S/C42H49NO9/c1-42(2,3)52-41(45)43-35(40(44)46-4)37-39(50-28-33-23-15-8-16-24-33)38(49-27-32-21-13-7-14-22-32)36(48-26-31-19-11-6-12-20-31)34(51-37)29-47-25-30-17-9-5-10-18-30/h5-24,34-39H,25-29H2,1-4H3,(H,43,45)/t34-,35-,36-,37+,38+,39+/m1/s1. The van der Waals surface area contributed by atoms with E-state index in [-0.39, 0.29) is 26.4 Å². The van der Waals surface area contributed by atoms with Crippen LogP contribution in [-0.4, -0.2) is 67.9 Å². The van der Waals surface area contributed by atoms with Crippen LogP contribution in [-0.2, 0) is 64.4 Å². The molecule has 1 amide bonds. The van der Waals surface area contributed by atoms with Crippen molar-refractivity contribution in [3.05, 3.63) is 144 Å². The molecule has 6 atom stereocenters. The molecule has 1 fully saturated rings. The van der Waals surface area contributed by atoms with Crippen molar-refractivity contribution < 1.29 is 42.7 Å². The molecule has 4 aromatic carbocycles. The Kier molecular flexibility index (Phi) is 14.4. The zero-order valence-corrected chi connectivity index (χ0v) is 30.2. The summed E-state index contributed by atoms with van der Waals surface area (Å²) in [7, 11) is 1.25. The van der Waals surface area contributed by atoms with Gasteiger partial charge in [0.25, 0.3) is 0 Å². The van der Waals surface area contributed by atoms with Gasteiger partial charge in [0.15, 0.2) is 6.04 Å². The molecule has 0 aromatic heterocycles. The molecule has 0 saturated carbocycles. The van der Waals surface area contributed by atoms with Gasteiger partial charge in [-0.15, -0.1) is 0 Å². The molecule has 0 radical (unpaired) electrons. The fraction of sp³-hybridized carbons (Fsp3) is 0.381. The van der Waals surface area contributed by atoms with E-state index in [0.717, 1.165) is 22.3 Å². The molecule has 1 aliphatic rings. The van der Waals surface area contributed by atoms with Crippen LogP contribution in [0, 0.1) is 0 Å². The quantitative estimate of drug-likeness (QED) is 0.126. The molecule has 0 aliphatic carbocycles. The number of amides is 1. The largest absolute Gasteiger partial charge is 0.467 e. The maximum atomic E-state index is 13.6. The average Bonchev–Trinajstić information content (AvgIpc) is 3.15. The smallest absolute Gasteiger partial charge is 0.408 e. The van der Waals surface area contributed by atoms with E-state index in [1.165, 1.54) is 7.11 Å². The second-order valence-electron chi connectivity index (χ2n) is 13.6. The van der Waals surface area contributed by atoms with E-state index in [1.807, 2.05) is 121 Å². The average molecular weight is 712 g/mol. The van der Waals surface area contributed by atoms with Gasteiger partial charge in [-0.25, -0.2) is 9.59 Å². The Morgan fingerprint density at radius 3 is 1.50 bits per heavy atom. The van der Waals surface area contributed by atoms with Crippen molar-refractivity contribution in [3.8, 4) is 0 Å². The van der Waals surface area contributed by atoms with Crippen molar-refractivity contribution >= 4 is 12.1 Å². The summed E-state index contributed by atoms with van der Waals surface area (Å²) in [4.78, 5) is 26.8. The number of hydrogen-bond donors (Lipinski definition) is 1. The van der Waals surface area contributed by atoms with Crippen LogP contribution in [0.5, 0.6) is 0 Å². The van der Waals surface area contributed by atoms with Gasteiger partial charge in [-0.3, -0.25) is 0 Å². The lowest BCUT2D eigenvalue weighted by molar-refractivity contribution is -0.276. The molecule has 4 aromatic rings.